The van der Waals surface area contributed by atoms with Crippen molar-refractivity contribution in [3.8, 4) is 0 Å². The van der Waals surface area contributed by atoms with Gasteiger partial charge in [0.25, 0.3) is 0 Å². The van der Waals surface area contributed by atoms with E-state index in [9.17, 15) is 22.4 Å². The Morgan fingerprint density at radius 2 is 2.05 bits per heavy atom. The summed E-state index contributed by atoms with van der Waals surface area (Å²) in [6.07, 6.45) is -4.89. The van der Waals surface area contributed by atoms with E-state index in [1.165, 1.54) is 12.1 Å². The molecule has 0 amide bonds. The third kappa shape index (κ3) is 3.61. The van der Waals surface area contributed by atoms with Gasteiger partial charge in [0.1, 0.15) is 10.7 Å². The van der Waals surface area contributed by atoms with Gasteiger partial charge < -0.3 is 10.4 Å². The molecule has 4 nitrogen and oxygen atoms in total. The van der Waals surface area contributed by atoms with Gasteiger partial charge in [-0.1, -0.05) is 11.3 Å². The highest BCUT2D eigenvalue weighted by Crippen LogP contribution is 2.37. The number of carboxylic acid groups (broad SMARTS) is 1. The molecule has 0 atom stereocenters. The van der Waals surface area contributed by atoms with Crippen LogP contribution >= 0.6 is 33.9 Å². The molecule has 0 unspecified atom stereocenters. The van der Waals surface area contributed by atoms with Crippen molar-refractivity contribution in [2.24, 2.45) is 0 Å². The fourth-order valence-corrected chi connectivity index (χ4v) is 2.71. The molecule has 0 aliphatic carbocycles. The minimum Gasteiger partial charge on any atom is -0.477 e. The molecule has 2 N–H and O–H groups in total. The highest BCUT2D eigenvalue weighted by Gasteiger charge is 2.39. The fraction of sp³-hybridized carbons (Fsp3) is 0.0909. The predicted octanol–water partition coefficient (Wildman–Crippen LogP) is 4.35. The van der Waals surface area contributed by atoms with Crippen LogP contribution in [0.3, 0.4) is 0 Å². The first-order chi connectivity index (χ1) is 9.68. The van der Waals surface area contributed by atoms with E-state index in [0.717, 1.165) is 0 Å². The molecule has 2 rings (SSSR count). The summed E-state index contributed by atoms with van der Waals surface area (Å²) in [7, 11) is 0. The third-order valence-electron chi connectivity index (χ3n) is 2.26. The zero-order chi connectivity index (χ0) is 15.8. The monoisotopic (exact) mass is 432 g/mol. The number of anilines is 2. The summed E-state index contributed by atoms with van der Waals surface area (Å²) in [5, 5.41) is 10.8. The van der Waals surface area contributed by atoms with Crippen LogP contribution in [-0.2, 0) is 6.18 Å². The highest BCUT2D eigenvalue weighted by atomic mass is 127. The van der Waals surface area contributed by atoms with Crippen LogP contribution in [0.2, 0.25) is 0 Å². The van der Waals surface area contributed by atoms with Crippen molar-refractivity contribution in [1.29, 1.82) is 0 Å². The molecule has 0 fully saturated rings. The molecule has 112 valence electrons. The summed E-state index contributed by atoms with van der Waals surface area (Å²) in [6.45, 7) is 0. The molecule has 0 aliphatic heterocycles. The fourth-order valence-electron chi connectivity index (χ4n) is 1.42. The molecule has 21 heavy (non-hydrogen) atoms. The summed E-state index contributed by atoms with van der Waals surface area (Å²) in [4.78, 5) is 13.1. The molecule has 1 aromatic heterocycles. The van der Waals surface area contributed by atoms with Crippen LogP contribution in [0, 0.1) is 9.39 Å². The summed E-state index contributed by atoms with van der Waals surface area (Å²) < 4.78 is 52.2. The minimum atomic E-state index is -4.89. The Labute approximate surface area is 133 Å². The van der Waals surface area contributed by atoms with Crippen molar-refractivity contribution in [3.63, 3.8) is 0 Å². The number of rotatable bonds is 3. The maximum atomic E-state index is 13.6. The van der Waals surface area contributed by atoms with Gasteiger partial charge in [0.15, 0.2) is 10.8 Å². The van der Waals surface area contributed by atoms with Crippen LogP contribution in [-0.4, -0.2) is 16.1 Å². The summed E-state index contributed by atoms with van der Waals surface area (Å²) in [5.74, 6) is -2.42. The Balaban J connectivity index is 2.39. The highest BCUT2D eigenvalue weighted by molar-refractivity contribution is 14.1. The predicted molar refractivity (Wildman–Crippen MR) is 76.5 cm³/mol. The lowest BCUT2D eigenvalue weighted by atomic mass is 10.3. The Morgan fingerprint density at radius 1 is 1.38 bits per heavy atom. The quantitative estimate of drug-likeness (QED) is 0.560. The second-order valence-electron chi connectivity index (χ2n) is 3.75. The Hall–Kier alpha value is -1.43. The van der Waals surface area contributed by atoms with E-state index in [0.29, 0.717) is 14.9 Å². The SMILES string of the molecule is O=C(O)c1sc(Nc2ccc(I)cc2F)nc1C(F)(F)F. The molecule has 0 spiro atoms. The lowest BCUT2D eigenvalue weighted by Gasteiger charge is -2.04. The number of nitrogens with one attached hydrogen (secondary N) is 1. The molecule has 1 heterocycles. The van der Waals surface area contributed by atoms with Gasteiger partial charge in [-0.05, 0) is 40.8 Å². The first kappa shape index (κ1) is 15.9. The molecule has 1 aromatic carbocycles. The van der Waals surface area contributed by atoms with E-state index in [-0.39, 0.29) is 10.8 Å². The number of thiazole rings is 1. The third-order valence-corrected chi connectivity index (χ3v) is 3.89. The Kier molecular flexibility index (Phi) is 4.37. The number of carboxylic acids is 1. The molecular formula is C11H5F4IN2O2S. The average Bonchev–Trinajstić information content (AvgIpc) is 2.77. The van der Waals surface area contributed by atoms with Gasteiger partial charge in [-0.25, -0.2) is 14.2 Å². The number of alkyl halides is 3. The summed E-state index contributed by atoms with van der Waals surface area (Å²) in [6, 6.07) is 4.05. The number of hydrogen-bond donors (Lipinski definition) is 2. The normalized spacial score (nSPS) is 11.5. The lowest BCUT2D eigenvalue weighted by Crippen LogP contribution is -2.11. The maximum Gasteiger partial charge on any atom is 0.435 e. The Morgan fingerprint density at radius 3 is 2.52 bits per heavy atom. The number of carbonyl (C=O) groups is 1. The number of hydrogen-bond acceptors (Lipinski definition) is 4. The van der Waals surface area contributed by atoms with Gasteiger partial charge in [0, 0.05) is 3.57 Å². The van der Waals surface area contributed by atoms with Crippen LogP contribution in [0.5, 0.6) is 0 Å². The van der Waals surface area contributed by atoms with Crippen molar-refractivity contribution in [1.82, 2.24) is 4.98 Å². The first-order valence-corrected chi connectivity index (χ1v) is 7.11. The standard InChI is InChI=1S/C11H5F4IN2O2S/c12-5-3-4(16)1-2-6(5)17-10-18-8(11(13,14)15)7(21-10)9(19)20/h1-3H,(H,17,18)(H,19,20). The second-order valence-corrected chi connectivity index (χ2v) is 5.99. The number of halogens is 5. The van der Waals surface area contributed by atoms with E-state index >= 15 is 0 Å². The van der Waals surface area contributed by atoms with Gasteiger partial charge in [-0.3, -0.25) is 0 Å². The molecule has 2 aromatic rings. The smallest absolute Gasteiger partial charge is 0.435 e. The number of aromatic nitrogens is 1. The number of aromatic carboxylic acids is 1. The van der Waals surface area contributed by atoms with Crippen LogP contribution in [0.4, 0.5) is 28.4 Å². The number of nitrogens with zero attached hydrogens (tertiary/aromatic N) is 1. The molecular weight excluding hydrogens is 427 g/mol. The molecule has 0 saturated heterocycles. The largest absolute Gasteiger partial charge is 0.477 e. The first-order valence-electron chi connectivity index (χ1n) is 5.22. The van der Waals surface area contributed by atoms with Crippen molar-refractivity contribution in [2.75, 3.05) is 5.32 Å². The van der Waals surface area contributed by atoms with Gasteiger partial charge in [-0.2, -0.15) is 13.2 Å². The zero-order valence-corrected chi connectivity index (χ0v) is 12.8. The van der Waals surface area contributed by atoms with Crippen molar-refractivity contribution in [3.05, 3.63) is 38.2 Å². The van der Waals surface area contributed by atoms with E-state index in [1.54, 1.807) is 6.07 Å². The maximum absolute atomic E-state index is 13.6. The van der Waals surface area contributed by atoms with Crippen molar-refractivity contribution in [2.45, 2.75) is 6.18 Å². The summed E-state index contributed by atoms with van der Waals surface area (Å²) in [5.41, 5.74) is -1.59. The van der Waals surface area contributed by atoms with Crippen LogP contribution in [0.1, 0.15) is 15.4 Å². The van der Waals surface area contributed by atoms with Crippen molar-refractivity contribution >= 4 is 50.7 Å². The van der Waals surface area contributed by atoms with Crippen molar-refractivity contribution < 1.29 is 27.5 Å². The van der Waals surface area contributed by atoms with Crippen LogP contribution in [0.15, 0.2) is 18.2 Å². The lowest BCUT2D eigenvalue weighted by molar-refractivity contribution is -0.141. The molecule has 0 bridgehead atoms. The van der Waals surface area contributed by atoms with Gasteiger partial charge in [0.05, 0.1) is 5.69 Å². The molecule has 0 radical (unpaired) electrons. The van der Waals surface area contributed by atoms with E-state index < -0.39 is 28.5 Å². The van der Waals surface area contributed by atoms with Crippen LogP contribution < -0.4 is 5.32 Å². The van der Waals surface area contributed by atoms with Gasteiger partial charge in [0.2, 0.25) is 0 Å². The van der Waals surface area contributed by atoms with E-state index in [1.807, 2.05) is 22.6 Å². The molecule has 10 heteroatoms. The topological polar surface area (TPSA) is 62.2 Å². The minimum absolute atomic E-state index is 0.0881. The van der Waals surface area contributed by atoms with E-state index in [2.05, 4.69) is 10.3 Å². The van der Waals surface area contributed by atoms with Gasteiger partial charge in [-0.15, -0.1) is 0 Å². The molecule has 0 aliphatic rings. The second kappa shape index (κ2) is 5.75. The Bertz CT molecular complexity index is 702. The zero-order valence-electron chi connectivity index (χ0n) is 9.83. The average molecular weight is 432 g/mol. The number of benzene rings is 1. The summed E-state index contributed by atoms with van der Waals surface area (Å²) >= 11 is 2.17. The molecule has 0 saturated carbocycles. The van der Waals surface area contributed by atoms with Crippen LogP contribution in [0.25, 0.3) is 0 Å². The van der Waals surface area contributed by atoms with E-state index in [4.69, 9.17) is 5.11 Å². The van der Waals surface area contributed by atoms with Gasteiger partial charge >= 0.3 is 12.1 Å².